The van der Waals surface area contributed by atoms with E-state index in [-0.39, 0.29) is 12.0 Å². The molecule has 1 atom stereocenters. The van der Waals surface area contributed by atoms with E-state index < -0.39 is 0 Å². The van der Waals surface area contributed by atoms with Crippen molar-refractivity contribution < 1.29 is 9.53 Å². The number of hydrogen-bond donors (Lipinski definition) is 1. The van der Waals surface area contributed by atoms with E-state index in [9.17, 15) is 4.79 Å². The topological polar surface area (TPSA) is 93.1 Å². The first-order valence-electron chi connectivity index (χ1n) is 8.86. The first kappa shape index (κ1) is 18.9. The van der Waals surface area contributed by atoms with E-state index in [0.29, 0.717) is 29.7 Å². The van der Waals surface area contributed by atoms with Gasteiger partial charge in [0.05, 0.1) is 29.5 Å². The molecule has 0 bridgehead atoms. The summed E-state index contributed by atoms with van der Waals surface area (Å²) in [5.74, 6) is 0.0104. The molecule has 0 saturated carbocycles. The maximum atomic E-state index is 13.0. The number of amides is 1. The Hall–Kier alpha value is -2.43. The smallest absolute Gasteiger partial charge is 0.266 e. The Bertz CT molecular complexity index is 988. The average molecular weight is 417 g/mol. The Labute approximate surface area is 170 Å². The Kier molecular flexibility index (Phi) is 5.33. The van der Waals surface area contributed by atoms with Gasteiger partial charge in [0.1, 0.15) is 16.5 Å². The summed E-state index contributed by atoms with van der Waals surface area (Å²) < 4.78 is 5.94. The summed E-state index contributed by atoms with van der Waals surface area (Å²) in [7, 11) is 0. The van der Waals surface area contributed by atoms with Crippen LogP contribution in [0.3, 0.4) is 0 Å². The summed E-state index contributed by atoms with van der Waals surface area (Å²) in [5.41, 5.74) is 4.99. The minimum atomic E-state index is -0.276. The highest BCUT2D eigenvalue weighted by atomic mass is 32.1. The summed E-state index contributed by atoms with van der Waals surface area (Å²) in [6.07, 6.45) is -0.276. The predicted molar refractivity (Wildman–Crippen MR) is 108 cm³/mol. The second-order valence-corrected chi connectivity index (χ2v) is 8.59. The van der Waals surface area contributed by atoms with Crippen LogP contribution in [0.5, 0.6) is 0 Å². The minimum Gasteiger partial charge on any atom is -0.368 e. The Morgan fingerprint density at radius 3 is 2.86 bits per heavy atom. The summed E-state index contributed by atoms with van der Waals surface area (Å²) in [6.45, 7) is 7.23. The molecule has 4 rings (SSSR count). The number of aromatic nitrogens is 4. The van der Waals surface area contributed by atoms with Crippen molar-refractivity contribution in [3.63, 3.8) is 0 Å². The number of rotatable bonds is 4. The van der Waals surface area contributed by atoms with Gasteiger partial charge in [0.25, 0.3) is 5.91 Å². The van der Waals surface area contributed by atoms with Crippen molar-refractivity contribution in [1.29, 1.82) is 0 Å². The maximum absolute atomic E-state index is 13.0. The van der Waals surface area contributed by atoms with Crippen molar-refractivity contribution in [2.75, 3.05) is 25.0 Å². The van der Waals surface area contributed by atoms with Gasteiger partial charge in [-0.3, -0.25) is 9.78 Å². The van der Waals surface area contributed by atoms with Crippen LogP contribution in [0.1, 0.15) is 37.9 Å². The third kappa shape index (κ3) is 4.03. The van der Waals surface area contributed by atoms with Crippen molar-refractivity contribution >= 4 is 39.4 Å². The zero-order valence-electron chi connectivity index (χ0n) is 15.8. The molecule has 1 amide bonds. The van der Waals surface area contributed by atoms with Gasteiger partial charge in [-0.25, -0.2) is 4.98 Å². The fraction of sp³-hybridized carbons (Fsp3) is 0.389. The summed E-state index contributed by atoms with van der Waals surface area (Å²) in [6, 6.07) is 3.88. The molecule has 10 heteroatoms. The standard InChI is InChI=1S/C18H20N6O2S2/c1-10-6-13(22-18-23-19-9-27-18)7-14(20-10)15-8-24(4-5-26-15)17(25)16-11(2)21-12(3)28-16/h6-7,9,15H,4-5,8H2,1-3H3,(H,20,22,23)/t15-/m0/s1. The highest BCUT2D eigenvalue weighted by Gasteiger charge is 2.29. The van der Waals surface area contributed by atoms with Gasteiger partial charge in [-0.2, -0.15) is 0 Å². The SMILES string of the molecule is Cc1cc(Nc2nncs2)cc([C@@H]2CN(C(=O)c3sc(C)nc3C)CCO2)n1. The van der Waals surface area contributed by atoms with Crippen LogP contribution in [-0.4, -0.2) is 50.7 Å². The Morgan fingerprint density at radius 1 is 1.29 bits per heavy atom. The van der Waals surface area contributed by atoms with Gasteiger partial charge in [0.15, 0.2) is 0 Å². The van der Waals surface area contributed by atoms with Crippen molar-refractivity contribution in [2.45, 2.75) is 26.9 Å². The van der Waals surface area contributed by atoms with Crippen molar-refractivity contribution in [2.24, 2.45) is 0 Å². The number of carbonyl (C=O) groups is 1. The number of thiazole rings is 1. The zero-order valence-corrected chi connectivity index (χ0v) is 17.4. The molecular formula is C18H20N6O2S2. The molecule has 0 aliphatic carbocycles. The number of ether oxygens (including phenoxy) is 1. The lowest BCUT2D eigenvalue weighted by molar-refractivity contribution is -0.0246. The van der Waals surface area contributed by atoms with E-state index in [1.165, 1.54) is 22.7 Å². The third-order valence-corrected chi connectivity index (χ3v) is 6.03. The molecule has 0 aromatic carbocycles. The highest BCUT2D eigenvalue weighted by molar-refractivity contribution is 7.13. The summed E-state index contributed by atoms with van der Waals surface area (Å²) in [5, 5.41) is 12.7. The Morgan fingerprint density at radius 2 is 2.14 bits per heavy atom. The van der Waals surface area contributed by atoms with Crippen molar-refractivity contribution in [3.8, 4) is 0 Å². The second kappa shape index (κ2) is 7.90. The van der Waals surface area contributed by atoms with E-state index >= 15 is 0 Å². The van der Waals surface area contributed by atoms with Crippen LogP contribution in [0.4, 0.5) is 10.8 Å². The van der Waals surface area contributed by atoms with E-state index in [1.54, 1.807) is 5.51 Å². The van der Waals surface area contributed by atoms with E-state index in [2.05, 4.69) is 25.5 Å². The average Bonchev–Trinajstić information content (AvgIpc) is 3.30. The number of anilines is 2. The Balaban J connectivity index is 1.53. The van der Waals surface area contributed by atoms with Gasteiger partial charge < -0.3 is 15.0 Å². The van der Waals surface area contributed by atoms with E-state index in [4.69, 9.17) is 4.74 Å². The lowest BCUT2D eigenvalue weighted by Crippen LogP contribution is -2.42. The van der Waals surface area contributed by atoms with Crippen LogP contribution in [-0.2, 0) is 4.74 Å². The van der Waals surface area contributed by atoms with Gasteiger partial charge in [0.2, 0.25) is 5.13 Å². The molecule has 0 unspecified atom stereocenters. The van der Waals surface area contributed by atoms with Crippen LogP contribution in [0.15, 0.2) is 17.6 Å². The predicted octanol–water partition coefficient (Wildman–Crippen LogP) is 3.27. The fourth-order valence-corrected chi connectivity index (χ4v) is 4.52. The number of pyridine rings is 1. The molecule has 1 N–H and O–H groups in total. The normalized spacial score (nSPS) is 17.0. The van der Waals surface area contributed by atoms with Crippen LogP contribution < -0.4 is 5.32 Å². The molecule has 1 fully saturated rings. The van der Waals surface area contributed by atoms with Crippen molar-refractivity contribution in [3.05, 3.63) is 44.6 Å². The number of nitrogens with zero attached hydrogens (tertiary/aromatic N) is 5. The fourth-order valence-electron chi connectivity index (χ4n) is 3.17. The number of morpholine rings is 1. The molecule has 28 heavy (non-hydrogen) atoms. The van der Waals surface area contributed by atoms with Crippen LogP contribution in [0, 0.1) is 20.8 Å². The molecule has 8 nitrogen and oxygen atoms in total. The largest absolute Gasteiger partial charge is 0.368 e. The molecule has 4 heterocycles. The lowest BCUT2D eigenvalue weighted by atomic mass is 10.1. The van der Waals surface area contributed by atoms with Crippen molar-refractivity contribution in [1.82, 2.24) is 25.1 Å². The molecule has 0 radical (unpaired) electrons. The lowest BCUT2D eigenvalue weighted by Gasteiger charge is -2.32. The van der Waals surface area contributed by atoms with Gasteiger partial charge in [-0.05, 0) is 32.9 Å². The summed E-state index contributed by atoms with van der Waals surface area (Å²) >= 11 is 2.87. The van der Waals surface area contributed by atoms with E-state index in [0.717, 1.165) is 27.8 Å². The number of nitrogens with one attached hydrogen (secondary N) is 1. The molecule has 1 aliphatic rings. The number of hydrogen-bond acceptors (Lipinski definition) is 9. The molecule has 1 aliphatic heterocycles. The first-order valence-corrected chi connectivity index (χ1v) is 10.6. The second-order valence-electron chi connectivity index (χ2n) is 6.55. The van der Waals surface area contributed by atoms with Gasteiger partial charge in [-0.15, -0.1) is 21.5 Å². The molecule has 146 valence electrons. The van der Waals surface area contributed by atoms with Gasteiger partial charge >= 0.3 is 0 Å². The zero-order chi connectivity index (χ0) is 19.7. The van der Waals surface area contributed by atoms with Crippen LogP contribution in [0.2, 0.25) is 0 Å². The molecule has 3 aromatic rings. The summed E-state index contributed by atoms with van der Waals surface area (Å²) in [4.78, 5) is 24.5. The number of carbonyl (C=O) groups excluding carboxylic acids is 1. The maximum Gasteiger partial charge on any atom is 0.266 e. The molecule has 0 spiro atoms. The quantitative estimate of drug-likeness (QED) is 0.698. The van der Waals surface area contributed by atoms with Crippen LogP contribution >= 0.6 is 22.7 Å². The van der Waals surface area contributed by atoms with Gasteiger partial charge in [-0.1, -0.05) is 11.3 Å². The molecular weight excluding hydrogens is 396 g/mol. The molecule has 1 saturated heterocycles. The highest BCUT2D eigenvalue weighted by Crippen LogP contribution is 2.28. The van der Waals surface area contributed by atoms with Gasteiger partial charge in [0, 0.05) is 17.9 Å². The minimum absolute atomic E-state index is 0.0104. The monoisotopic (exact) mass is 416 g/mol. The van der Waals surface area contributed by atoms with E-state index in [1.807, 2.05) is 37.8 Å². The number of aryl methyl sites for hydroxylation is 3. The van der Waals surface area contributed by atoms with Crippen LogP contribution in [0.25, 0.3) is 0 Å². The molecule has 3 aromatic heterocycles. The first-order chi connectivity index (χ1) is 13.5. The third-order valence-electron chi connectivity index (χ3n) is 4.37.